The Morgan fingerprint density at radius 1 is 1.22 bits per heavy atom. The molecule has 3 N–H and O–H groups in total. The van der Waals surface area contributed by atoms with E-state index in [9.17, 15) is 5.11 Å². The number of allylic oxidation sites excluding steroid dienone is 1. The summed E-state index contributed by atoms with van der Waals surface area (Å²) in [6, 6.07) is 10.4. The van der Waals surface area contributed by atoms with Crippen molar-refractivity contribution in [3.8, 4) is 5.75 Å². The van der Waals surface area contributed by atoms with Crippen LogP contribution in [0, 0.1) is 0 Å². The number of phenols is 1. The summed E-state index contributed by atoms with van der Waals surface area (Å²) in [5, 5.41) is 9.33. The molecule has 4 heteroatoms. The average molecular weight is 239 g/mol. The lowest BCUT2D eigenvalue weighted by atomic mass is 10.1. The van der Waals surface area contributed by atoms with E-state index in [4.69, 9.17) is 5.73 Å². The molecule has 0 bridgehead atoms. The Kier molecular flexibility index (Phi) is 3.71. The maximum absolute atomic E-state index is 9.33. The summed E-state index contributed by atoms with van der Waals surface area (Å²) in [6.07, 6.45) is 6.54. The first kappa shape index (κ1) is 11.9. The Morgan fingerprint density at radius 2 is 2.00 bits per heavy atom. The third-order valence-corrected chi connectivity index (χ3v) is 2.38. The Labute approximate surface area is 105 Å². The molecule has 0 aliphatic carbocycles. The minimum Gasteiger partial charge on any atom is -0.508 e. The van der Waals surface area contributed by atoms with Crippen molar-refractivity contribution < 1.29 is 5.11 Å². The van der Waals surface area contributed by atoms with Crippen molar-refractivity contribution in [2.45, 2.75) is 0 Å². The third kappa shape index (κ3) is 2.95. The van der Waals surface area contributed by atoms with E-state index in [2.05, 4.69) is 9.98 Å². The SMILES string of the molecule is NC=C(C=Nc1cccc(O)c1)c1ccncc1. The highest BCUT2D eigenvalue weighted by atomic mass is 16.3. The fourth-order valence-electron chi connectivity index (χ4n) is 1.48. The summed E-state index contributed by atoms with van der Waals surface area (Å²) in [5.41, 5.74) is 7.98. The van der Waals surface area contributed by atoms with Crippen molar-refractivity contribution in [1.29, 1.82) is 0 Å². The summed E-state index contributed by atoms with van der Waals surface area (Å²) in [6.45, 7) is 0. The Morgan fingerprint density at radius 3 is 2.67 bits per heavy atom. The number of phenolic OH excluding ortho intramolecular Hbond substituents is 1. The smallest absolute Gasteiger partial charge is 0.117 e. The molecule has 18 heavy (non-hydrogen) atoms. The monoisotopic (exact) mass is 239 g/mol. The van der Waals surface area contributed by atoms with E-state index in [1.807, 2.05) is 12.1 Å². The van der Waals surface area contributed by atoms with E-state index < -0.39 is 0 Å². The van der Waals surface area contributed by atoms with Crippen molar-refractivity contribution in [3.63, 3.8) is 0 Å². The Balaban J connectivity index is 2.22. The van der Waals surface area contributed by atoms with Gasteiger partial charge in [-0.05, 0) is 29.8 Å². The van der Waals surface area contributed by atoms with Crippen LogP contribution in [0.25, 0.3) is 5.57 Å². The third-order valence-electron chi connectivity index (χ3n) is 2.38. The van der Waals surface area contributed by atoms with Gasteiger partial charge in [0.2, 0.25) is 0 Å². The van der Waals surface area contributed by atoms with Crippen LogP contribution in [0.15, 0.2) is 60.0 Å². The molecule has 0 atom stereocenters. The molecule has 1 aromatic heterocycles. The first-order valence-corrected chi connectivity index (χ1v) is 5.45. The first-order valence-electron chi connectivity index (χ1n) is 5.45. The number of rotatable bonds is 3. The zero-order valence-electron chi connectivity index (χ0n) is 9.69. The van der Waals surface area contributed by atoms with Crippen LogP contribution in [0.4, 0.5) is 5.69 Å². The first-order chi connectivity index (χ1) is 8.79. The summed E-state index contributed by atoms with van der Waals surface area (Å²) < 4.78 is 0. The number of nitrogens with zero attached hydrogens (tertiary/aromatic N) is 2. The lowest BCUT2D eigenvalue weighted by Gasteiger charge is -2.00. The van der Waals surface area contributed by atoms with Gasteiger partial charge in [0.25, 0.3) is 0 Å². The molecule has 0 amide bonds. The molecule has 0 aliphatic heterocycles. The quantitative estimate of drug-likeness (QED) is 0.808. The van der Waals surface area contributed by atoms with Gasteiger partial charge >= 0.3 is 0 Å². The van der Waals surface area contributed by atoms with E-state index >= 15 is 0 Å². The van der Waals surface area contributed by atoms with Gasteiger partial charge in [0.15, 0.2) is 0 Å². The standard InChI is InChI=1S/C14H13N3O/c15-9-12(11-4-6-16-7-5-11)10-17-13-2-1-3-14(18)8-13/h1-10,18H,15H2. The number of pyridine rings is 1. The predicted octanol–water partition coefficient (Wildman–Crippen LogP) is 2.49. The molecule has 0 radical (unpaired) electrons. The van der Waals surface area contributed by atoms with Gasteiger partial charge in [-0.1, -0.05) is 6.07 Å². The molecule has 0 unspecified atom stereocenters. The molecule has 1 heterocycles. The van der Waals surface area contributed by atoms with Crippen molar-refractivity contribution in [2.24, 2.45) is 10.7 Å². The number of aromatic hydroxyl groups is 1. The van der Waals surface area contributed by atoms with Crippen molar-refractivity contribution in [2.75, 3.05) is 0 Å². The second-order valence-electron chi connectivity index (χ2n) is 3.64. The van der Waals surface area contributed by atoms with Crippen LogP contribution in [-0.4, -0.2) is 16.3 Å². The lowest BCUT2D eigenvalue weighted by Crippen LogP contribution is -1.91. The van der Waals surface area contributed by atoms with Gasteiger partial charge in [-0.25, -0.2) is 0 Å². The molecule has 4 nitrogen and oxygen atoms in total. The van der Waals surface area contributed by atoms with Gasteiger partial charge in [-0.3, -0.25) is 9.98 Å². The van der Waals surface area contributed by atoms with Crippen LogP contribution >= 0.6 is 0 Å². The topological polar surface area (TPSA) is 71.5 Å². The summed E-state index contributed by atoms with van der Waals surface area (Å²) in [7, 11) is 0. The Bertz CT molecular complexity index is 577. The molecule has 0 saturated carbocycles. The van der Waals surface area contributed by atoms with Gasteiger partial charge < -0.3 is 10.8 Å². The molecule has 90 valence electrons. The van der Waals surface area contributed by atoms with Gasteiger partial charge in [-0.2, -0.15) is 0 Å². The van der Waals surface area contributed by atoms with Crippen LogP contribution < -0.4 is 5.73 Å². The zero-order chi connectivity index (χ0) is 12.8. The summed E-state index contributed by atoms with van der Waals surface area (Å²) in [5.74, 6) is 0.187. The van der Waals surface area contributed by atoms with Gasteiger partial charge in [0.1, 0.15) is 5.75 Å². The van der Waals surface area contributed by atoms with Crippen LogP contribution in [0.5, 0.6) is 5.75 Å². The van der Waals surface area contributed by atoms with Crippen LogP contribution in [0.1, 0.15) is 5.56 Å². The molecular formula is C14H13N3O. The average Bonchev–Trinajstić information content (AvgIpc) is 2.41. The number of benzene rings is 1. The highest BCUT2D eigenvalue weighted by Gasteiger charge is 1.97. The maximum atomic E-state index is 9.33. The van der Waals surface area contributed by atoms with Crippen LogP contribution in [0.2, 0.25) is 0 Å². The van der Waals surface area contributed by atoms with Gasteiger partial charge in [0.05, 0.1) is 5.69 Å². The number of hydrogen-bond acceptors (Lipinski definition) is 4. The highest BCUT2D eigenvalue weighted by Crippen LogP contribution is 2.19. The molecule has 0 aliphatic rings. The molecule has 0 spiro atoms. The second-order valence-corrected chi connectivity index (χ2v) is 3.64. The minimum atomic E-state index is 0.187. The molecule has 0 fully saturated rings. The number of aliphatic imine (C=N–C) groups is 1. The number of aromatic nitrogens is 1. The van der Waals surface area contributed by atoms with E-state index in [1.54, 1.807) is 42.9 Å². The zero-order valence-corrected chi connectivity index (χ0v) is 9.69. The minimum absolute atomic E-state index is 0.187. The van der Waals surface area contributed by atoms with Crippen LogP contribution in [-0.2, 0) is 0 Å². The van der Waals surface area contributed by atoms with Gasteiger partial charge in [0, 0.05) is 36.4 Å². The molecular weight excluding hydrogens is 226 g/mol. The van der Waals surface area contributed by atoms with Crippen molar-refractivity contribution in [1.82, 2.24) is 4.98 Å². The Hall–Kier alpha value is -2.62. The van der Waals surface area contributed by atoms with E-state index in [-0.39, 0.29) is 5.75 Å². The number of hydrogen-bond donors (Lipinski definition) is 2. The normalized spacial score (nSPS) is 11.9. The highest BCUT2D eigenvalue weighted by molar-refractivity contribution is 6.10. The fourth-order valence-corrected chi connectivity index (χ4v) is 1.48. The summed E-state index contributed by atoms with van der Waals surface area (Å²) >= 11 is 0. The van der Waals surface area contributed by atoms with E-state index in [1.165, 1.54) is 6.20 Å². The van der Waals surface area contributed by atoms with Crippen molar-refractivity contribution in [3.05, 3.63) is 60.6 Å². The lowest BCUT2D eigenvalue weighted by molar-refractivity contribution is 0.475. The molecule has 2 rings (SSSR count). The fraction of sp³-hybridized carbons (Fsp3) is 0. The van der Waals surface area contributed by atoms with Crippen LogP contribution in [0.3, 0.4) is 0 Å². The molecule has 1 aromatic carbocycles. The second kappa shape index (κ2) is 5.63. The molecule has 2 aromatic rings. The molecule has 0 saturated heterocycles. The predicted molar refractivity (Wildman–Crippen MR) is 72.7 cm³/mol. The van der Waals surface area contributed by atoms with Crippen molar-refractivity contribution >= 4 is 17.5 Å². The van der Waals surface area contributed by atoms with E-state index in [0.29, 0.717) is 5.69 Å². The van der Waals surface area contributed by atoms with E-state index in [0.717, 1.165) is 11.1 Å². The summed E-state index contributed by atoms with van der Waals surface area (Å²) in [4.78, 5) is 8.21. The van der Waals surface area contributed by atoms with Gasteiger partial charge in [-0.15, -0.1) is 0 Å². The number of nitrogens with two attached hydrogens (primary N) is 1. The largest absolute Gasteiger partial charge is 0.508 e. The maximum Gasteiger partial charge on any atom is 0.117 e.